The number of imidazole rings is 1. The van der Waals surface area contributed by atoms with Gasteiger partial charge in [-0.1, -0.05) is 11.3 Å². The highest BCUT2D eigenvalue weighted by Gasteiger charge is 2.13. The monoisotopic (exact) mass is 342 g/mol. The summed E-state index contributed by atoms with van der Waals surface area (Å²) in [4.78, 5) is 19.9. The number of hydrogen-bond acceptors (Lipinski definition) is 5. The number of nitrogens with one attached hydrogen (secondary N) is 1. The van der Waals surface area contributed by atoms with Crippen LogP contribution in [0, 0.1) is 5.82 Å². The average Bonchev–Trinajstić information content (AvgIpc) is 3.08. The number of hydrogen-bond donors (Lipinski definition) is 2. The highest BCUT2D eigenvalue weighted by atomic mass is 32.1. The maximum absolute atomic E-state index is 13.3. The topological polar surface area (TPSA) is 80.0 Å². The normalized spacial score (nSPS) is 11.2. The number of aromatic carboxylic acids is 1. The van der Waals surface area contributed by atoms with E-state index >= 15 is 0 Å². The highest BCUT2D eigenvalue weighted by molar-refractivity contribution is 7.22. The Morgan fingerprint density at radius 3 is 2.83 bits per heavy atom. The number of carbonyl (C=O) groups is 1. The Bertz CT molecular complexity index is 1100. The smallest absolute Gasteiger partial charge is 0.335 e. The fourth-order valence-electron chi connectivity index (χ4n) is 2.49. The van der Waals surface area contributed by atoms with Gasteiger partial charge in [0.25, 0.3) is 0 Å². The van der Waals surface area contributed by atoms with Crippen molar-refractivity contribution in [2.45, 2.75) is 0 Å². The number of carboxylic acids is 1. The zero-order chi connectivity index (χ0) is 16.8. The molecule has 0 saturated heterocycles. The van der Waals surface area contributed by atoms with Crippen LogP contribution in [0.4, 0.5) is 15.5 Å². The van der Waals surface area contributed by atoms with Gasteiger partial charge in [-0.05, 0) is 36.4 Å². The van der Waals surface area contributed by atoms with Crippen molar-refractivity contribution in [1.82, 2.24) is 14.5 Å². The number of carboxylic acid groups (broad SMARTS) is 1. The molecule has 8 heteroatoms. The first-order chi connectivity index (χ1) is 11.5. The van der Waals surface area contributed by atoms with E-state index in [9.17, 15) is 9.18 Å². The number of anilines is 2. The summed E-state index contributed by atoms with van der Waals surface area (Å²) in [6.45, 7) is 0. The SMILES string of the molecule is Cn1c(Nc2nc3ccc(F)cc3s2)nc2cc(C(=O)O)ccc21. The molecule has 0 aliphatic heterocycles. The van der Waals surface area contributed by atoms with E-state index in [0.29, 0.717) is 22.1 Å². The summed E-state index contributed by atoms with van der Waals surface area (Å²) in [5.74, 6) is -0.765. The summed E-state index contributed by atoms with van der Waals surface area (Å²) in [6.07, 6.45) is 0. The zero-order valence-corrected chi connectivity index (χ0v) is 13.3. The summed E-state index contributed by atoms with van der Waals surface area (Å²) in [5, 5.41) is 12.8. The van der Waals surface area contributed by atoms with Crippen LogP contribution in [0.1, 0.15) is 10.4 Å². The van der Waals surface area contributed by atoms with E-state index in [-0.39, 0.29) is 11.4 Å². The average molecular weight is 342 g/mol. The summed E-state index contributed by atoms with van der Waals surface area (Å²) < 4.78 is 15.8. The molecule has 0 radical (unpaired) electrons. The molecule has 2 N–H and O–H groups in total. The van der Waals surface area contributed by atoms with Crippen molar-refractivity contribution in [3.63, 3.8) is 0 Å². The lowest BCUT2D eigenvalue weighted by molar-refractivity contribution is 0.0697. The number of rotatable bonds is 3. The molecule has 2 aromatic carbocycles. The lowest BCUT2D eigenvalue weighted by atomic mass is 10.2. The van der Waals surface area contributed by atoms with E-state index in [4.69, 9.17) is 5.11 Å². The van der Waals surface area contributed by atoms with Crippen LogP contribution in [0.15, 0.2) is 36.4 Å². The third-order valence-electron chi connectivity index (χ3n) is 3.70. The number of fused-ring (bicyclic) bond motifs is 2. The Balaban J connectivity index is 1.75. The van der Waals surface area contributed by atoms with E-state index in [1.54, 1.807) is 12.1 Å². The molecule has 24 heavy (non-hydrogen) atoms. The van der Waals surface area contributed by atoms with Crippen LogP contribution in [-0.4, -0.2) is 25.6 Å². The molecule has 2 heterocycles. The molecule has 0 amide bonds. The van der Waals surface area contributed by atoms with Gasteiger partial charge >= 0.3 is 5.97 Å². The number of halogens is 1. The number of thiazole rings is 1. The fourth-order valence-corrected chi connectivity index (χ4v) is 3.38. The zero-order valence-electron chi connectivity index (χ0n) is 12.4. The molecule has 4 rings (SSSR count). The van der Waals surface area contributed by atoms with Gasteiger partial charge < -0.3 is 15.0 Å². The van der Waals surface area contributed by atoms with Gasteiger partial charge in [0.2, 0.25) is 5.95 Å². The Morgan fingerprint density at radius 1 is 1.21 bits per heavy atom. The molecular weight excluding hydrogens is 331 g/mol. The van der Waals surface area contributed by atoms with Gasteiger partial charge in [0.1, 0.15) is 5.82 Å². The van der Waals surface area contributed by atoms with Crippen molar-refractivity contribution in [2.75, 3.05) is 5.32 Å². The lowest BCUT2D eigenvalue weighted by Crippen LogP contribution is -1.98. The second-order valence-electron chi connectivity index (χ2n) is 5.26. The first-order valence-corrected chi connectivity index (χ1v) is 7.86. The van der Waals surface area contributed by atoms with Crippen LogP contribution in [0.2, 0.25) is 0 Å². The van der Waals surface area contributed by atoms with E-state index in [1.165, 1.54) is 35.6 Å². The summed E-state index contributed by atoms with van der Waals surface area (Å²) in [7, 11) is 1.82. The fraction of sp³-hybridized carbons (Fsp3) is 0.0625. The Kier molecular flexibility index (Phi) is 3.20. The molecule has 0 atom stereocenters. The van der Waals surface area contributed by atoms with Gasteiger partial charge in [-0.15, -0.1) is 0 Å². The van der Waals surface area contributed by atoms with Crippen molar-refractivity contribution >= 4 is 49.6 Å². The number of aryl methyl sites for hydroxylation is 1. The lowest BCUT2D eigenvalue weighted by Gasteiger charge is -2.02. The number of benzene rings is 2. The third kappa shape index (κ3) is 2.37. The van der Waals surface area contributed by atoms with Crippen molar-refractivity contribution < 1.29 is 14.3 Å². The second kappa shape index (κ2) is 5.27. The molecule has 6 nitrogen and oxygen atoms in total. The van der Waals surface area contributed by atoms with Gasteiger partial charge in [0.05, 0.1) is 26.8 Å². The van der Waals surface area contributed by atoms with Crippen molar-refractivity contribution in [2.24, 2.45) is 7.05 Å². The predicted molar refractivity (Wildman–Crippen MR) is 90.5 cm³/mol. The summed E-state index contributed by atoms with van der Waals surface area (Å²) in [6, 6.07) is 9.21. The third-order valence-corrected chi connectivity index (χ3v) is 4.63. The maximum Gasteiger partial charge on any atom is 0.335 e. The van der Waals surface area contributed by atoms with E-state index in [1.807, 2.05) is 11.6 Å². The largest absolute Gasteiger partial charge is 0.478 e. The van der Waals surface area contributed by atoms with Crippen LogP contribution in [0.5, 0.6) is 0 Å². The molecular formula is C16H11FN4O2S. The minimum Gasteiger partial charge on any atom is -0.478 e. The summed E-state index contributed by atoms with van der Waals surface area (Å²) in [5.41, 5.74) is 2.26. The Hall–Kier alpha value is -3.00. The highest BCUT2D eigenvalue weighted by Crippen LogP contribution is 2.29. The molecule has 0 aliphatic rings. The quantitative estimate of drug-likeness (QED) is 0.592. The van der Waals surface area contributed by atoms with Crippen LogP contribution in [0.3, 0.4) is 0 Å². The number of aromatic nitrogens is 3. The van der Waals surface area contributed by atoms with Crippen molar-refractivity contribution in [1.29, 1.82) is 0 Å². The maximum atomic E-state index is 13.3. The van der Waals surface area contributed by atoms with Crippen LogP contribution in [-0.2, 0) is 7.05 Å². The standard InChI is InChI=1S/C16H11FN4O2S/c1-21-12-5-2-8(14(22)23)6-11(12)18-15(21)20-16-19-10-4-3-9(17)7-13(10)24-16/h2-7H,1H3,(H,22,23)(H,18,19,20). The molecule has 0 spiro atoms. The number of nitrogens with zero attached hydrogens (tertiary/aromatic N) is 3. The molecule has 0 aliphatic carbocycles. The second-order valence-corrected chi connectivity index (χ2v) is 6.29. The van der Waals surface area contributed by atoms with Crippen molar-refractivity contribution in [3.05, 3.63) is 47.8 Å². The van der Waals surface area contributed by atoms with E-state index in [2.05, 4.69) is 15.3 Å². The van der Waals surface area contributed by atoms with Crippen LogP contribution >= 0.6 is 11.3 Å². The van der Waals surface area contributed by atoms with Gasteiger partial charge in [-0.3, -0.25) is 0 Å². The molecule has 0 fully saturated rings. The molecule has 0 unspecified atom stereocenters. The molecule has 120 valence electrons. The minimum atomic E-state index is -0.995. The van der Waals surface area contributed by atoms with Crippen LogP contribution in [0.25, 0.3) is 21.3 Å². The Labute approximate surface area is 139 Å². The van der Waals surface area contributed by atoms with E-state index in [0.717, 1.165) is 10.2 Å². The molecule has 2 aromatic heterocycles. The van der Waals surface area contributed by atoms with Gasteiger partial charge in [-0.25, -0.2) is 19.2 Å². The van der Waals surface area contributed by atoms with E-state index < -0.39 is 5.97 Å². The van der Waals surface area contributed by atoms with Crippen LogP contribution < -0.4 is 5.32 Å². The van der Waals surface area contributed by atoms with Gasteiger partial charge in [0, 0.05) is 7.05 Å². The van der Waals surface area contributed by atoms with Gasteiger partial charge in [0.15, 0.2) is 5.13 Å². The first-order valence-electron chi connectivity index (χ1n) is 7.04. The minimum absolute atomic E-state index is 0.183. The molecule has 0 bridgehead atoms. The van der Waals surface area contributed by atoms with Gasteiger partial charge in [-0.2, -0.15) is 0 Å². The molecule has 4 aromatic rings. The summed E-state index contributed by atoms with van der Waals surface area (Å²) >= 11 is 1.32. The molecule has 0 saturated carbocycles. The Morgan fingerprint density at radius 2 is 2.04 bits per heavy atom. The predicted octanol–water partition coefficient (Wildman–Crippen LogP) is 3.76. The van der Waals surface area contributed by atoms with Crippen molar-refractivity contribution in [3.8, 4) is 0 Å². The first kappa shape index (κ1) is 14.6.